The molecule has 2 aromatic heterocycles. The van der Waals surface area contributed by atoms with Crippen molar-refractivity contribution in [2.24, 2.45) is 0 Å². The van der Waals surface area contributed by atoms with Gasteiger partial charge in [-0.1, -0.05) is 23.7 Å². The van der Waals surface area contributed by atoms with Gasteiger partial charge in [-0.05, 0) is 36.8 Å². The predicted octanol–water partition coefficient (Wildman–Crippen LogP) is 2.42. The van der Waals surface area contributed by atoms with Crippen molar-refractivity contribution in [1.82, 2.24) is 19.9 Å². The Morgan fingerprint density at radius 3 is 2.71 bits per heavy atom. The van der Waals surface area contributed by atoms with Gasteiger partial charge in [0.05, 0.1) is 25.4 Å². The third-order valence-electron chi connectivity index (χ3n) is 6.45. The van der Waals surface area contributed by atoms with Crippen molar-refractivity contribution in [3.05, 3.63) is 29.3 Å². The average molecular weight is 508 g/mol. The molecule has 3 unspecified atom stereocenters. The molecule has 2 saturated carbocycles. The number of ether oxygens (including phenoxy) is 1. The summed E-state index contributed by atoms with van der Waals surface area (Å²) in [5.41, 5.74) is 8.23. The second kappa shape index (κ2) is 9.92. The molecule has 5 rings (SSSR count). The fraction of sp³-hybridized carbons (Fsp3) is 0.565. The number of aliphatic hydroxyl groups is 2. The lowest BCUT2D eigenvalue weighted by Gasteiger charge is -2.10. The topological polar surface area (TPSA) is 123 Å². The first kappa shape index (κ1) is 24.3. The zero-order valence-corrected chi connectivity index (χ0v) is 20.2. The van der Waals surface area contributed by atoms with Gasteiger partial charge in [0.1, 0.15) is 11.7 Å². The van der Waals surface area contributed by atoms with Gasteiger partial charge < -0.3 is 20.7 Å². The molecule has 3 atom stereocenters. The largest absolute Gasteiger partial charge is 0.394 e. The Kier molecular flexibility index (Phi) is 6.88. The van der Waals surface area contributed by atoms with Crippen molar-refractivity contribution in [3.8, 4) is 5.69 Å². The number of nitrogen functional groups attached to an aromatic ring is 1. The molecule has 0 aliphatic heterocycles. The van der Waals surface area contributed by atoms with E-state index in [9.17, 15) is 13.9 Å². The highest BCUT2D eigenvalue weighted by Crippen LogP contribution is 2.44. The fourth-order valence-corrected chi connectivity index (χ4v) is 5.36. The monoisotopic (exact) mass is 507 g/mol. The minimum absolute atomic E-state index is 0.107. The highest BCUT2D eigenvalue weighted by atomic mass is 32.2. The summed E-state index contributed by atoms with van der Waals surface area (Å²) in [5, 5.41) is 25.2. The van der Waals surface area contributed by atoms with E-state index < -0.39 is 23.8 Å². The number of fused-ring (bicyclic) bond motifs is 1. The Balaban J connectivity index is 1.67. The van der Waals surface area contributed by atoms with E-state index in [2.05, 4.69) is 11.9 Å². The number of aromatic nitrogens is 5. The minimum Gasteiger partial charge on any atom is -0.394 e. The number of benzene rings is 1. The SMILES string of the molecule is CCCSc1nc(N)c2c(n1)[n+](C1CC(OCCO)CC1O)nn2-c1cc(F)c(F)cc1C1CC1. The van der Waals surface area contributed by atoms with Crippen LogP contribution in [0.3, 0.4) is 0 Å². The van der Waals surface area contributed by atoms with E-state index in [1.807, 2.05) is 0 Å². The van der Waals surface area contributed by atoms with Crippen molar-refractivity contribution in [2.45, 2.75) is 68.4 Å². The Labute approximate surface area is 205 Å². The summed E-state index contributed by atoms with van der Waals surface area (Å²) in [6.45, 7) is 2.12. The van der Waals surface area contributed by atoms with Crippen molar-refractivity contribution >= 4 is 28.7 Å². The molecule has 0 radical (unpaired) electrons. The highest BCUT2D eigenvalue weighted by molar-refractivity contribution is 7.99. The number of anilines is 1. The maximum Gasteiger partial charge on any atom is 0.330 e. The molecular formula is C23H29F2N6O3S+. The van der Waals surface area contributed by atoms with E-state index in [4.69, 9.17) is 25.8 Å². The van der Waals surface area contributed by atoms with Gasteiger partial charge >= 0.3 is 5.65 Å². The van der Waals surface area contributed by atoms with Gasteiger partial charge in [-0.2, -0.15) is 4.98 Å². The zero-order valence-electron chi connectivity index (χ0n) is 19.4. The van der Waals surface area contributed by atoms with Crippen LogP contribution < -0.4 is 10.4 Å². The normalized spacial score (nSPS) is 22.4. The van der Waals surface area contributed by atoms with Crippen LogP contribution in [-0.2, 0) is 4.74 Å². The van der Waals surface area contributed by atoms with Crippen molar-refractivity contribution in [1.29, 1.82) is 0 Å². The number of halogens is 2. The number of hydrogen-bond donors (Lipinski definition) is 3. The lowest BCUT2D eigenvalue weighted by molar-refractivity contribution is -0.762. The van der Waals surface area contributed by atoms with Crippen LogP contribution in [0, 0.1) is 11.6 Å². The Bertz CT molecular complexity index is 1240. The minimum atomic E-state index is -0.979. The molecule has 2 heterocycles. The quantitative estimate of drug-likeness (QED) is 0.229. The van der Waals surface area contributed by atoms with Crippen LogP contribution in [0.5, 0.6) is 0 Å². The second-order valence-electron chi connectivity index (χ2n) is 9.08. The number of nitrogens with two attached hydrogens (primary N) is 1. The molecule has 0 amide bonds. The van der Waals surface area contributed by atoms with Gasteiger partial charge in [0.2, 0.25) is 5.52 Å². The number of nitrogens with zero attached hydrogens (tertiary/aromatic N) is 5. The molecule has 1 aromatic carbocycles. The van der Waals surface area contributed by atoms with Crippen LogP contribution in [-0.4, -0.2) is 61.3 Å². The molecule has 12 heteroatoms. The summed E-state index contributed by atoms with van der Waals surface area (Å²) < 4.78 is 37.3. The number of rotatable bonds is 9. The van der Waals surface area contributed by atoms with Crippen LogP contribution in [0.15, 0.2) is 17.3 Å². The second-order valence-corrected chi connectivity index (χ2v) is 10.1. The third kappa shape index (κ3) is 4.72. The molecule has 0 bridgehead atoms. The maximum absolute atomic E-state index is 14.4. The summed E-state index contributed by atoms with van der Waals surface area (Å²) in [7, 11) is 0. The van der Waals surface area contributed by atoms with Crippen LogP contribution in [0.2, 0.25) is 0 Å². The summed E-state index contributed by atoms with van der Waals surface area (Å²) >= 11 is 1.46. The van der Waals surface area contributed by atoms with Gasteiger partial charge in [0.25, 0.3) is 5.16 Å². The van der Waals surface area contributed by atoms with Crippen LogP contribution in [0.25, 0.3) is 16.9 Å². The Hall–Kier alpha value is -2.41. The first-order valence-corrected chi connectivity index (χ1v) is 12.9. The van der Waals surface area contributed by atoms with E-state index in [1.54, 1.807) is 4.68 Å². The van der Waals surface area contributed by atoms with Crippen molar-refractivity contribution in [3.63, 3.8) is 0 Å². The Morgan fingerprint density at radius 2 is 2.00 bits per heavy atom. The Morgan fingerprint density at radius 1 is 1.23 bits per heavy atom. The molecule has 4 N–H and O–H groups in total. The van der Waals surface area contributed by atoms with Crippen molar-refractivity contribution in [2.75, 3.05) is 24.7 Å². The van der Waals surface area contributed by atoms with E-state index >= 15 is 0 Å². The predicted molar refractivity (Wildman–Crippen MR) is 125 cm³/mol. The fourth-order valence-electron chi connectivity index (χ4n) is 4.66. The van der Waals surface area contributed by atoms with Gasteiger partial charge in [0.15, 0.2) is 17.5 Å². The summed E-state index contributed by atoms with van der Waals surface area (Å²) in [4.78, 5) is 9.15. The van der Waals surface area contributed by atoms with Gasteiger partial charge in [-0.3, -0.25) is 0 Å². The van der Waals surface area contributed by atoms with E-state index in [0.29, 0.717) is 40.4 Å². The van der Waals surface area contributed by atoms with E-state index in [1.165, 1.54) is 22.5 Å². The standard InChI is InChI=1S/C23H29F2N6O3S/c1-2-7-35-23-27-21(26)20-22(28-23)31(18-8-13(9-19(18)33)34-6-5-32)29-30(20)17-11-16(25)15(24)10-14(17)12-3-4-12/h10-13,18-19,32-33H,2-9H2,1H3,(H2,26,27,28)/q+1. The smallest absolute Gasteiger partial charge is 0.330 e. The molecule has 188 valence electrons. The van der Waals surface area contributed by atoms with Gasteiger partial charge in [-0.15, -0.1) is 9.36 Å². The summed E-state index contributed by atoms with van der Waals surface area (Å²) in [6, 6.07) is 1.89. The molecular weight excluding hydrogens is 478 g/mol. The highest BCUT2D eigenvalue weighted by Gasteiger charge is 2.42. The number of thioether (sulfide) groups is 1. The molecule has 3 aromatic rings. The summed E-state index contributed by atoms with van der Waals surface area (Å²) in [6.07, 6.45) is 2.49. The number of hydrogen-bond acceptors (Lipinski definition) is 8. The molecule has 9 nitrogen and oxygen atoms in total. The van der Waals surface area contributed by atoms with Crippen LogP contribution in [0.1, 0.15) is 56.6 Å². The maximum atomic E-state index is 14.4. The summed E-state index contributed by atoms with van der Waals surface area (Å²) in [5.74, 6) is -0.795. The molecule has 2 fully saturated rings. The van der Waals surface area contributed by atoms with Gasteiger partial charge in [-0.25, -0.2) is 8.78 Å². The lowest BCUT2D eigenvalue weighted by Crippen LogP contribution is -2.46. The van der Waals surface area contributed by atoms with Crippen LogP contribution >= 0.6 is 11.8 Å². The zero-order chi connectivity index (χ0) is 24.7. The van der Waals surface area contributed by atoms with Crippen LogP contribution in [0.4, 0.5) is 14.6 Å². The number of aliphatic hydroxyl groups excluding tert-OH is 2. The first-order chi connectivity index (χ1) is 16.9. The lowest BCUT2D eigenvalue weighted by atomic mass is 10.1. The molecule has 2 aliphatic carbocycles. The third-order valence-corrected chi connectivity index (χ3v) is 7.50. The first-order valence-electron chi connectivity index (χ1n) is 11.9. The van der Waals surface area contributed by atoms with Crippen molar-refractivity contribution < 1.29 is 28.4 Å². The molecule has 0 saturated heterocycles. The van der Waals surface area contributed by atoms with E-state index in [0.717, 1.165) is 31.1 Å². The average Bonchev–Trinajstić information content (AvgIpc) is 3.52. The van der Waals surface area contributed by atoms with E-state index in [-0.39, 0.29) is 31.1 Å². The molecule has 35 heavy (non-hydrogen) atoms. The molecule has 2 aliphatic rings. The molecule has 0 spiro atoms. The van der Waals surface area contributed by atoms with Gasteiger partial charge in [0, 0.05) is 29.9 Å².